The van der Waals surface area contributed by atoms with E-state index in [9.17, 15) is 4.79 Å². The molecule has 1 saturated heterocycles. The van der Waals surface area contributed by atoms with Gasteiger partial charge in [0.05, 0.1) is 20.3 Å². The Morgan fingerprint density at radius 2 is 2.23 bits per heavy atom. The van der Waals surface area contributed by atoms with Gasteiger partial charge in [-0.2, -0.15) is 0 Å². The van der Waals surface area contributed by atoms with Crippen molar-refractivity contribution in [2.24, 2.45) is 0 Å². The normalized spacial score (nSPS) is 18.8. The molecular formula is C17H26N2O3. The van der Waals surface area contributed by atoms with E-state index in [0.29, 0.717) is 13.0 Å². The van der Waals surface area contributed by atoms with Crippen LogP contribution in [-0.2, 0) is 16.0 Å². The first kappa shape index (κ1) is 16.8. The lowest BCUT2D eigenvalue weighted by Gasteiger charge is -2.29. The molecule has 1 aromatic rings. The van der Waals surface area contributed by atoms with Gasteiger partial charge < -0.3 is 20.1 Å². The van der Waals surface area contributed by atoms with Crippen molar-refractivity contribution in [3.63, 3.8) is 0 Å². The van der Waals surface area contributed by atoms with E-state index in [4.69, 9.17) is 9.47 Å². The van der Waals surface area contributed by atoms with E-state index in [1.165, 1.54) is 0 Å². The van der Waals surface area contributed by atoms with Crippen LogP contribution in [0.5, 0.6) is 5.75 Å². The van der Waals surface area contributed by atoms with E-state index in [1.807, 2.05) is 38.1 Å². The third kappa shape index (κ3) is 5.00. The highest BCUT2D eigenvalue weighted by molar-refractivity contribution is 5.77. The zero-order valence-corrected chi connectivity index (χ0v) is 13.6. The van der Waals surface area contributed by atoms with E-state index >= 15 is 0 Å². The Balaban J connectivity index is 1.90. The molecule has 22 heavy (non-hydrogen) atoms. The summed E-state index contributed by atoms with van der Waals surface area (Å²) < 4.78 is 10.8. The van der Waals surface area contributed by atoms with Gasteiger partial charge in [0.2, 0.25) is 5.91 Å². The van der Waals surface area contributed by atoms with Crippen molar-refractivity contribution >= 4 is 5.91 Å². The maximum absolute atomic E-state index is 12.2. The van der Waals surface area contributed by atoms with Crippen molar-refractivity contribution in [3.8, 4) is 5.75 Å². The summed E-state index contributed by atoms with van der Waals surface area (Å²) in [6.07, 6.45) is 1.16. The van der Waals surface area contributed by atoms with Gasteiger partial charge in [0, 0.05) is 24.5 Å². The van der Waals surface area contributed by atoms with Crippen molar-refractivity contribution in [1.82, 2.24) is 10.6 Å². The number of morpholine rings is 1. The number of methoxy groups -OCH3 is 1. The molecule has 0 radical (unpaired) electrons. The van der Waals surface area contributed by atoms with Gasteiger partial charge in [0.15, 0.2) is 0 Å². The van der Waals surface area contributed by atoms with E-state index in [0.717, 1.165) is 30.9 Å². The summed E-state index contributed by atoms with van der Waals surface area (Å²) in [5.74, 6) is 0.898. The van der Waals surface area contributed by atoms with Crippen molar-refractivity contribution in [2.75, 3.05) is 26.9 Å². The summed E-state index contributed by atoms with van der Waals surface area (Å²) in [5, 5.41) is 6.41. The molecule has 5 nitrogen and oxygen atoms in total. The molecule has 1 aliphatic rings. The summed E-state index contributed by atoms with van der Waals surface area (Å²) in [6.45, 7) is 6.19. The fourth-order valence-electron chi connectivity index (χ4n) is 2.77. The van der Waals surface area contributed by atoms with Gasteiger partial charge in [-0.25, -0.2) is 0 Å². The number of nitrogens with one attached hydrogen (secondary N) is 2. The topological polar surface area (TPSA) is 59.6 Å². The van der Waals surface area contributed by atoms with E-state index < -0.39 is 0 Å². The smallest absolute Gasteiger partial charge is 0.222 e. The van der Waals surface area contributed by atoms with E-state index in [1.54, 1.807) is 7.11 Å². The van der Waals surface area contributed by atoms with Crippen LogP contribution in [0.25, 0.3) is 0 Å². The third-order valence-corrected chi connectivity index (χ3v) is 3.73. The SMILES string of the molecule is COc1ccccc1CC(C)(C)NC(=O)CC1COCCN1. The number of para-hydroxylation sites is 1. The molecular weight excluding hydrogens is 280 g/mol. The monoisotopic (exact) mass is 306 g/mol. The van der Waals surface area contributed by atoms with Crippen LogP contribution >= 0.6 is 0 Å². The zero-order chi connectivity index (χ0) is 16.0. The van der Waals surface area contributed by atoms with Crippen LogP contribution in [0.1, 0.15) is 25.8 Å². The number of amides is 1. The second-order valence-corrected chi connectivity index (χ2v) is 6.35. The minimum Gasteiger partial charge on any atom is -0.496 e. The first-order valence-electron chi connectivity index (χ1n) is 7.74. The number of ether oxygens (including phenoxy) is 2. The number of hydrogen-bond acceptors (Lipinski definition) is 4. The van der Waals surface area contributed by atoms with Crippen molar-refractivity contribution < 1.29 is 14.3 Å². The molecule has 1 aromatic carbocycles. The van der Waals surface area contributed by atoms with Gasteiger partial charge in [0.25, 0.3) is 0 Å². The Kier molecular flexibility index (Phi) is 5.80. The highest BCUT2D eigenvalue weighted by atomic mass is 16.5. The summed E-state index contributed by atoms with van der Waals surface area (Å²) in [7, 11) is 1.67. The van der Waals surface area contributed by atoms with Gasteiger partial charge in [-0.15, -0.1) is 0 Å². The average Bonchev–Trinajstić information content (AvgIpc) is 2.47. The van der Waals surface area contributed by atoms with Crippen LogP contribution in [0.3, 0.4) is 0 Å². The first-order valence-corrected chi connectivity index (χ1v) is 7.74. The second kappa shape index (κ2) is 7.61. The molecule has 1 unspecified atom stereocenters. The Hall–Kier alpha value is -1.59. The highest BCUT2D eigenvalue weighted by Crippen LogP contribution is 2.22. The Morgan fingerprint density at radius 1 is 1.45 bits per heavy atom. The molecule has 1 fully saturated rings. The van der Waals surface area contributed by atoms with Gasteiger partial charge in [-0.1, -0.05) is 18.2 Å². The maximum Gasteiger partial charge on any atom is 0.222 e. The molecule has 2 rings (SSSR count). The number of hydrogen-bond donors (Lipinski definition) is 2. The van der Waals surface area contributed by atoms with Crippen LogP contribution in [-0.4, -0.2) is 44.4 Å². The number of benzene rings is 1. The number of carbonyl (C=O) groups excluding carboxylic acids is 1. The van der Waals surface area contributed by atoms with Crippen LogP contribution in [0.2, 0.25) is 0 Å². The van der Waals surface area contributed by atoms with E-state index in [-0.39, 0.29) is 17.5 Å². The zero-order valence-electron chi connectivity index (χ0n) is 13.6. The first-order chi connectivity index (χ1) is 10.5. The molecule has 0 aromatic heterocycles. The van der Waals surface area contributed by atoms with Crippen LogP contribution in [0, 0.1) is 0 Å². The maximum atomic E-state index is 12.2. The third-order valence-electron chi connectivity index (χ3n) is 3.73. The lowest BCUT2D eigenvalue weighted by Crippen LogP contribution is -2.49. The molecule has 1 heterocycles. The molecule has 0 aliphatic carbocycles. The van der Waals surface area contributed by atoms with Crippen LogP contribution < -0.4 is 15.4 Å². The molecule has 0 saturated carbocycles. The van der Waals surface area contributed by atoms with E-state index in [2.05, 4.69) is 10.6 Å². The fraction of sp³-hybridized carbons (Fsp3) is 0.588. The molecule has 0 spiro atoms. The van der Waals surface area contributed by atoms with Crippen molar-refractivity contribution in [1.29, 1.82) is 0 Å². The Labute approximate surface area is 132 Å². The van der Waals surface area contributed by atoms with Gasteiger partial charge in [-0.3, -0.25) is 4.79 Å². The minimum absolute atomic E-state index is 0.0443. The number of carbonyl (C=O) groups is 1. The molecule has 1 atom stereocenters. The van der Waals surface area contributed by atoms with Crippen molar-refractivity contribution in [3.05, 3.63) is 29.8 Å². The van der Waals surface area contributed by atoms with Gasteiger partial charge in [-0.05, 0) is 31.9 Å². The summed E-state index contributed by atoms with van der Waals surface area (Å²) in [4.78, 5) is 12.2. The lowest BCUT2D eigenvalue weighted by atomic mass is 9.94. The Morgan fingerprint density at radius 3 is 2.91 bits per heavy atom. The van der Waals surface area contributed by atoms with Gasteiger partial charge in [0.1, 0.15) is 5.75 Å². The standard InChI is InChI=1S/C17H26N2O3/c1-17(2,11-13-6-4-5-7-15(13)21-3)19-16(20)10-14-12-22-9-8-18-14/h4-7,14,18H,8-12H2,1-3H3,(H,19,20). The highest BCUT2D eigenvalue weighted by Gasteiger charge is 2.24. The van der Waals surface area contributed by atoms with Gasteiger partial charge >= 0.3 is 0 Å². The quantitative estimate of drug-likeness (QED) is 0.836. The summed E-state index contributed by atoms with van der Waals surface area (Å²) in [5.41, 5.74) is 0.760. The molecule has 0 bridgehead atoms. The lowest BCUT2D eigenvalue weighted by molar-refractivity contribution is -0.123. The largest absolute Gasteiger partial charge is 0.496 e. The molecule has 1 aliphatic heterocycles. The number of rotatable bonds is 6. The molecule has 2 N–H and O–H groups in total. The van der Waals surface area contributed by atoms with Crippen LogP contribution in [0.15, 0.2) is 24.3 Å². The average molecular weight is 306 g/mol. The minimum atomic E-state index is -0.332. The van der Waals surface area contributed by atoms with Crippen LogP contribution in [0.4, 0.5) is 0 Å². The Bertz CT molecular complexity index is 496. The second-order valence-electron chi connectivity index (χ2n) is 6.35. The summed E-state index contributed by atoms with van der Waals surface area (Å²) in [6, 6.07) is 8.01. The fourth-order valence-corrected chi connectivity index (χ4v) is 2.77. The molecule has 1 amide bonds. The predicted molar refractivity (Wildman–Crippen MR) is 86.1 cm³/mol. The molecule has 122 valence electrons. The predicted octanol–water partition coefficient (Wildman–Crippen LogP) is 1.51. The summed E-state index contributed by atoms with van der Waals surface area (Å²) >= 11 is 0. The molecule has 5 heteroatoms. The van der Waals surface area contributed by atoms with Crippen molar-refractivity contribution in [2.45, 2.75) is 38.3 Å².